The lowest BCUT2D eigenvalue weighted by Crippen LogP contribution is -2.09. The van der Waals surface area contributed by atoms with Crippen molar-refractivity contribution in [2.45, 2.75) is 52.1 Å². The third kappa shape index (κ3) is 6.50. The van der Waals surface area contributed by atoms with E-state index in [1.165, 1.54) is 19.3 Å². The molecule has 0 fully saturated rings. The van der Waals surface area contributed by atoms with Crippen LogP contribution in [0, 0.1) is 11.1 Å². The van der Waals surface area contributed by atoms with Crippen LogP contribution in [0.4, 0.5) is 0 Å². The SMILES string of the molecule is CC(C)CCCC(C)(C)P=N. The van der Waals surface area contributed by atoms with Crippen molar-refractivity contribution in [3.8, 4) is 0 Å². The number of rotatable bonds is 5. The zero-order valence-corrected chi connectivity index (χ0v) is 9.04. The number of hydrogen-bond acceptors (Lipinski definition) is 1. The van der Waals surface area contributed by atoms with E-state index in [2.05, 4.69) is 27.7 Å². The van der Waals surface area contributed by atoms with E-state index in [9.17, 15) is 0 Å². The zero-order valence-electron chi connectivity index (χ0n) is 8.15. The molecule has 0 saturated heterocycles. The third-order valence-electron chi connectivity index (χ3n) is 1.87. The van der Waals surface area contributed by atoms with Gasteiger partial charge in [-0.25, -0.2) is 0 Å². The lowest BCUT2D eigenvalue weighted by Gasteiger charge is -2.17. The molecule has 0 aliphatic carbocycles. The topological polar surface area (TPSA) is 23.9 Å². The first-order valence-corrected chi connectivity index (χ1v) is 5.26. The lowest BCUT2D eigenvalue weighted by molar-refractivity contribution is 0.500. The summed E-state index contributed by atoms with van der Waals surface area (Å²) in [4.78, 5) is 0. The van der Waals surface area contributed by atoms with E-state index in [-0.39, 0.29) is 5.16 Å². The van der Waals surface area contributed by atoms with Crippen molar-refractivity contribution < 1.29 is 0 Å². The maximum atomic E-state index is 7.26. The Balaban J connectivity index is 3.45. The van der Waals surface area contributed by atoms with Crippen LogP contribution in [0.2, 0.25) is 0 Å². The van der Waals surface area contributed by atoms with Crippen LogP contribution in [0.1, 0.15) is 47.0 Å². The molecule has 0 aromatic carbocycles. The Morgan fingerprint density at radius 2 is 1.91 bits per heavy atom. The molecule has 0 saturated carbocycles. The minimum absolute atomic E-state index is 0.217. The molecule has 66 valence electrons. The third-order valence-corrected chi connectivity index (χ3v) is 2.70. The first-order valence-electron chi connectivity index (χ1n) is 4.36. The number of nitrogens with one attached hydrogen (secondary N) is 1. The fourth-order valence-electron chi connectivity index (χ4n) is 0.999. The Hall–Kier alpha value is 0.100. The molecular weight excluding hydrogens is 153 g/mol. The highest BCUT2D eigenvalue weighted by atomic mass is 31.1. The molecule has 0 rings (SSSR count). The molecule has 0 aromatic rings. The van der Waals surface area contributed by atoms with Crippen molar-refractivity contribution in [2.24, 2.45) is 5.92 Å². The first kappa shape index (κ1) is 11.1. The second-order valence-electron chi connectivity index (χ2n) is 4.21. The Morgan fingerprint density at radius 3 is 2.27 bits per heavy atom. The van der Waals surface area contributed by atoms with Crippen molar-refractivity contribution in [1.29, 1.82) is 5.16 Å². The molecule has 0 unspecified atom stereocenters. The highest BCUT2D eigenvalue weighted by molar-refractivity contribution is 7.27. The van der Waals surface area contributed by atoms with Gasteiger partial charge < -0.3 is 0 Å². The highest BCUT2D eigenvalue weighted by Gasteiger charge is 2.14. The molecule has 1 nitrogen and oxygen atoms in total. The molecule has 0 aliphatic rings. The van der Waals surface area contributed by atoms with Gasteiger partial charge in [-0.05, 0) is 12.3 Å². The summed E-state index contributed by atoms with van der Waals surface area (Å²) in [5.41, 5.74) is 0. The molecule has 1 N–H and O–H groups in total. The van der Waals surface area contributed by atoms with Crippen molar-refractivity contribution in [2.75, 3.05) is 0 Å². The van der Waals surface area contributed by atoms with Gasteiger partial charge in [0.1, 0.15) is 0 Å². The molecule has 0 aromatic heterocycles. The van der Waals surface area contributed by atoms with Gasteiger partial charge in [0.05, 0.1) is 0 Å². The van der Waals surface area contributed by atoms with Gasteiger partial charge in [0.25, 0.3) is 0 Å². The van der Waals surface area contributed by atoms with Crippen LogP contribution >= 0.6 is 8.37 Å². The van der Waals surface area contributed by atoms with Crippen LogP contribution in [0.5, 0.6) is 0 Å². The average Bonchev–Trinajstić information content (AvgIpc) is 1.87. The second kappa shape index (κ2) is 4.87. The van der Waals surface area contributed by atoms with Crippen LogP contribution in [0.3, 0.4) is 0 Å². The van der Waals surface area contributed by atoms with Crippen molar-refractivity contribution in [3.63, 3.8) is 0 Å². The van der Waals surface area contributed by atoms with E-state index < -0.39 is 0 Å². The van der Waals surface area contributed by atoms with Gasteiger partial charge in [-0.1, -0.05) is 40.5 Å². The predicted octanol–water partition coefficient (Wildman–Crippen LogP) is 4.30. The van der Waals surface area contributed by atoms with Crippen LogP contribution in [-0.4, -0.2) is 5.16 Å². The Morgan fingerprint density at radius 1 is 1.36 bits per heavy atom. The van der Waals surface area contributed by atoms with Crippen molar-refractivity contribution >= 4 is 8.37 Å². The molecule has 11 heavy (non-hydrogen) atoms. The maximum absolute atomic E-state index is 7.26. The second-order valence-corrected chi connectivity index (χ2v) is 5.64. The van der Waals surface area contributed by atoms with Gasteiger partial charge in [-0.2, -0.15) is 0 Å². The number of hydrogen-bond donors (Lipinski definition) is 1. The van der Waals surface area contributed by atoms with Gasteiger partial charge in [0.15, 0.2) is 0 Å². The maximum Gasteiger partial charge on any atom is 0.0237 e. The van der Waals surface area contributed by atoms with Crippen LogP contribution < -0.4 is 0 Å². The molecule has 0 spiro atoms. The smallest absolute Gasteiger partial charge is 0.0237 e. The summed E-state index contributed by atoms with van der Waals surface area (Å²) < 4.78 is 0. The van der Waals surface area contributed by atoms with Gasteiger partial charge >= 0.3 is 0 Å². The van der Waals surface area contributed by atoms with Crippen LogP contribution in [0.15, 0.2) is 0 Å². The monoisotopic (exact) mass is 173 g/mol. The highest BCUT2D eigenvalue weighted by Crippen LogP contribution is 2.28. The Labute approximate surface area is 72.3 Å². The normalized spacial score (nSPS) is 12.8. The quantitative estimate of drug-likeness (QED) is 0.599. The predicted molar refractivity (Wildman–Crippen MR) is 52.4 cm³/mol. The van der Waals surface area contributed by atoms with E-state index >= 15 is 0 Å². The molecule has 0 heterocycles. The summed E-state index contributed by atoms with van der Waals surface area (Å²) in [6, 6.07) is 0. The zero-order chi connectivity index (χ0) is 8.91. The van der Waals surface area contributed by atoms with E-state index in [1.54, 1.807) is 0 Å². The van der Waals surface area contributed by atoms with Crippen LogP contribution in [-0.2, 0) is 0 Å². The van der Waals surface area contributed by atoms with Gasteiger partial charge in [0, 0.05) is 13.5 Å². The Kier molecular flexibility index (Phi) is 4.92. The summed E-state index contributed by atoms with van der Waals surface area (Å²) in [7, 11) is 0.783. The molecule has 0 aliphatic heterocycles. The summed E-state index contributed by atoms with van der Waals surface area (Å²) in [5, 5.41) is 7.48. The van der Waals surface area contributed by atoms with E-state index in [4.69, 9.17) is 5.16 Å². The van der Waals surface area contributed by atoms with E-state index in [0.29, 0.717) is 0 Å². The van der Waals surface area contributed by atoms with Crippen molar-refractivity contribution in [1.82, 2.24) is 0 Å². The first-order chi connectivity index (χ1) is 4.98. The summed E-state index contributed by atoms with van der Waals surface area (Å²) in [6.45, 7) is 8.85. The van der Waals surface area contributed by atoms with E-state index in [1.807, 2.05) is 0 Å². The molecule has 0 bridgehead atoms. The molecule has 0 amide bonds. The summed E-state index contributed by atoms with van der Waals surface area (Å²) in [6.07, 6.45) is 3.77. The van der Waals surface area contributed by atoms with Crippen LogP contribution in [0.25, 0.3) is 0 Å². The fourth-order valence-corrected chi connectivity index (χ4v) is 1.27. The minimum Gasteiger partial charge on any atom is -0.283 e. The summed E-state index contributed by atoms with van der Waals surface area (Å²) >= 11 is 0. The lowest BCUT2D eigenvalue weighted by atomic mass is 10.0. The molecule has 0 atom stereocenters. The largest absolute Gasteiger partial charge is 0.283 e. The van der Waals surface area contributed by atoms with Gasteiger partial charge in [-0.15, -0.1) is 0 Å². The molecule has 2 heteroatoms. The Bertz CT molecular complexity index is 119. The molecule has 0 radical (unpaired) electrons. The molecular formula is C9H20NP. The fraction of sp³-hybridized carbons (Fsp3) is 1.00. The van der Waals surface area contributed by atoms with E-state index in [0.717, 1.165) is 14.3 Å². The van der Waals surface area contributed by atoms with Crippen molar-refractivity contribution in [3.05, 3.63) is 0 Å². The summed E-state index contributed by atoms with van der Waals surface area (Å²) in [5.74, 6) is 0.813. The minimum atomic E-state index is 0.217. The van der Waals surface area contributed by atoms with Gasteiger partial charge in [0.2, 0.25) is 0 Å². The van der Waals surface area contributed by atoms with Gasteiger partial charge in [-0.3, -0.25) is 5.16 Å². The average molecular weight is 173 g/mol. The standard InChI is InChI=1S/C9H20NP/c1-8(2)6-5-7-9(3,4)11-10/h8,10H,5-7H2,1-4H3.